The van der Waals surface area contributed by atoms with Crippen molar-refractivity contribution >= 4 is 30.5 Å². The molecule has 0 fully saturated rings. The molecule has 0 bridgehead atoms. The molecule has 1 aliphatic rings. The van der Waals surface area contributed by atoms with Crippen LogP contribution < -0.4 is 10.6 Å². The average Bonchev–Trinajstić information content (AvgIpc) is 2.50. The van der Waals surface area contributed by atoms with E-state index in [1.165, 1.54) is 6.92 Å². The Bertz CT molecular complexity index is 622. The molecule has 0 spiro atoms. The molecule has 1 aliphatic heterocycles. The number of Topliss-reactive ketones (excluding diaryl/α,β-unsaturated/α-hetero) is 1. The van der Waals surface area contributed by atoms with Crippen LogP contribution in [0.1, 0.15) is 24.1 Å². The normalized spacial score (nSPS) is 21.0. The number of hydrogen-bond acceptors (Lipinski definition) is 6. The van der Waals surface area contributed by atoms with E-state index in [4.69, 9.17) is 9.84 Å². The number of carbonyl (C=O) groups excluding carboxylic acids is 2. The zero-order valence-electron chi connectivity index (χ0n) is 12.5. The van der Waals surface area contributed by atoms with Crippen LogP contribution in [0.5, 0.6) is 0 Å². The lowest BCUT2D eigenvalue weighted by molar-refractivity contribution is -0.128. The highest BCUT2D eigenvalue weighted by Gasteiger charge is 2.35. The Labute approximate surface area is 138 Å². The van der Waals surface area contributed by atoms with E-state index >= 15 is 0 Å². The Balaban J connectivity index is 2.29. The predicted octanol–water partition coefficient (Wildman–Crippen LogP) is 0.898. The maximum absolute atomic E-state index is 12.7. The molecule has 0 aliphatic carbocycles. The molecule has 1 amide bonds. The molecule has 2 rings (SSSR count). The van der Waals surface area contributed by atoms with Crippen molar-refractivity contribution in [2.24, 2.45) is 0 Å². The standard InChI is InChI=1S/C15H18N2O5S/c1-8(18)16-11(7-23)14(19)13-10-5-3-2-4-9(10)6-12(17-13)22-15(20)21/h2-5,11-13,17,23H,6-7H2,1H3,(H,16,18)(H,20,21)/t11-,12?,13?/m1/s1. The van der Waals surface area contributed by atoms with Gasteiger partial charge in [-0.05, 0) is 11.1 Å². The lowest BCUT2D eigenvalue weighted by Gasteiger charge is -2.33. The van der Waals surface area contributed by atoms with E-state index in [0.29, 0.717) is 6.42 Å². The number of nitrogens with one attached hydrogen (secondary N) is 2. The van der Waals surface area contributed by atoms with Crippen LogP contribution in [0.2, 0.25) is 0 Å². The molecule has 0 saturated carbocycles. The number of rotatable bonds is 5. The summed E-state index contributed by atoms with van der Waals surface area (Å²) in [7, 11) is 0. The third kappa shape index (κ3) is 4.23. The minimum Gasteiger partial charge on any atom is -0.450 e. The minimum absolute atomic E-state index is 0.142. The molecule has 7 nitrogen and oxygen atoms in total. The Hall–Kier alpha value is -2.06. The molecule has 1 aromatic rings. The molecule has 0 saturated heterocycles. The summed E-state index contributed by atoms with van der Waals surface area (Å²) in [5.74, 6) is -0.482. The van der Waals surface area contributed by atoms with Gasteiger partial charge in [0.2, 0.25) is 5.91 Å². The smallest absolute Gasteiger partial charge is 0.450 e. The van der Waals surface area contributed by atoms with Crippen LogP contribution >= 0.6 is 12.6 Å². The summed E-state index contributed by atoms with van der Waals surface area (Å²) in [5, 5.41) is 14.2. The molecule has 2 unspecified atom stereocenters. The molecule has 1 heterocycles. The average molecular weight is 338 g/mol. The summed E-state index contributed by atoms with van der Waals surface area (Å²) in [6.07, 6.45) is -1.91. The summed E-state index contributed by atoms with van der Waals surface area (Å²) in [6.45, 7) is 1.32. The first kappa shape index (κ1) is 17.3. The fourth-order valence-corrected chi connectivity index (χ4v) is 2.89. The number of ether oxygens (including phenoxy) is 1. The first-order valence-electron chi connectivity index (χ1n) is 7.07. The molecule has 0 radical (unpaired) electrons. The molecule has 8 heteroatoms. The van der Waals surface area contributed by atoms with E-state index < -0.39 is 24.5 Å². The summed E-state index contributed by atoms with van der Waals surface area (Å²) >= 11 is 4.11. The lowest BCUT2D eigenvalue weighted by atomic mass is 9.89. The summed E-state index contributed by atoms with van der Waals surface area (Å²) < 4.78 is 4.77. The largest absolute Gasteiger partial charge is 0.507 e. The van der Waals surface area contributed by atoms with Gasteiger partial charge < -0.3 is 15.2 Å². The van der Waals surface area contributed by atoms with E-state index in [9.17, 15) is 14.4 Å². The van der Waals surface area contributed by atoms with Crippen molar-refractivity contribution in [1.82, 2.24) is 10.6 Å². The van der Waals surface area contributed by atoms with Crippen molar-refractivity contribution in [3.05, 3.63) is 35.4 Å². The van der Waals surface area contributed by atoms with Crippen LogP contribution in [-0.2, 0) is 20.7 Å². The zero-order valence-corrected chi connectivity index (χ0v) is 13.4. The van der Waals surface area contributed by atoms with Crippen molar-refractivity contribution in [3.63, 3.8) is 0 Å². The molecule has 0 aromatic heterocycles. The van der Waals surface area contributed by atoms with Gasteiger partial charge in [-0.2, -0.15) is 12.6 Å². The van der Waals surface area contributed by atoms with Gasteiger partial charge in [-0.25, -0.2) is 4.79 Å². The number of amides is 1. The topological polar surface area (TPSA) is 105 Å². The Morgan fingerprint density at radius 1 is 1.43 bits per heavy atom. The third-order valence-electron chi connectivity index (χ3n) is 3.56. The van der Waals surface area contributed by atoms with Crippen LogP contribution in [0.4, 0.5) is 4.79 Å². The SMILES string of the molecule is CC(=O)N[C@H](CS)C(=O)C1NC(OC(=O)O)Cc2ccccc21. The predicted molar refractivity (Wildman–Crippen MR) is 85.4 cm³/mol. The van der Waals surface area contributed by atoms with E-state index in [0.717, 1.165) is 11.1 Å². The highest BCUT2D eigenvalue weighted by Crippen LogP contribution is 2.27. The molecule has 124 valence electrons. The zero-order chi connectivity index (χ0) is 17.0. The van der Waals surface area contributed by atoms with Crippen LogP contribution in [0, 0.1) is 0 Å². The number of hydrogen-bond donors (Lipinski definition) is 4. The van der Waals surface area contributed by atoms with Gasteiger partial charge in [-0.3, -0.25) is 14.9 Å². The maximum Gasteiger partial charge on any atom is 0.507 e. The van der Waals surface area contributed by atoms with Gasteiger partial charge in [-0.15, -0.1) is 0 Å². The van der Waals surface area contributed by atoms with Gasteiger partial charge in [-0.1, -0.05) is 24.3 Å². The second-order valence-electron chi connectivity index (χ2n) is 5.21. The van der Waals surface area contributed by atoms with Gasteiger partial charge >= 0.3 is 6.16 Å². The quantitative estimate of drug-likeness (QED) is 0.470. The fraction of sp³-hybridized carbons (Fsp3) is 0.400. The van der Waals surface area contributed by atoms with Crippen LogP contribution in [0.3, 0.4) is 0 Å². The van der Waals surface area contributed by atoms with Crippen molar-refractivity contribution in [2.75, 3.05) is 5.75 Å². The lowest BCUT2D eigenvalue weighted by Crippen LogP contribution is -2.51. The van der Waals surface area contributed by atoms with Gasteiger partial charge in [0.1, 0.15) is 0 Å². The van der Waals surface area contributed by atoms with Crippen LogP contribution in [0.25, 0.3) is 0 Å². The summed E-state index contributed by atoms with van der Waals surface area (Å²) in [4.78, 5) is 34.7. The van der Waals surface area contributed by atoms with Crippen molar-refractivity contribution < 1.29 is 24.2 Å². The van der Waals surface area contributed by atoms with E-state index in [2.05, 4.69) is 23.3 Å². The number of carboxylic acid groups (broad SMARTS) is 1. The monoisotopic (exact) mass is 338 g/mol. The van der Waals surface area contributed by atoms with Gasteiger partial charge in [0.05, 0.1) is 12.1 Å². The first-order chi connectivity index (χ1) is 10.9. The summed E-state index contributed by atoms with van der Waals surface area (Å²) in [5.41, 5.74) is 1.58. The Kier molecular flexibility index (Phi) is 5.62. The highest BCUT2D eigenvalue weighted by molar-refractivity contribution is 7.80. The van der Waals surface area contributed by atoms with E-state index in [1.807, 2.05) is 12.1 Å². The van der Waals surface area contributed by atoms with Gasteiger partial charge in [0, 0.05) is 19.1 Å². The van der Waals surface area contributed by atoms with Gasteiger partial charge in [0.25, 0.3) is 0 Å². The molecule has 23 heavy (non-hydrogen) atoms. The van der Waals surface area contributed by atoms with E-state index in [-0.39, 0.29) is 17.4 Å². The fourth-order valence-electron chi connectivity index (χ4n) is 2.62. The van der Waals surface area contributed by atoms with Crippen molar-refractivity contribution in [2.45, 2.75) is 31.7 Å². The second kappa shape index (κ2) is 7.47. The number of benzene rings is 1. The molecular formula is C15H18N2O5S. The molecule has 3 N–H and O–H groups in total. The molecular weight excluding hydrogens is 320 g/mol. The minimum atomic E-state index is -1.42. The van der Waals surface area contributed by atoms with Gasteiger partial charge in [0.15, 0.2) is 12.0 Å². The van der Waals surface area contributed by atoms with Crippen molar-refractivity contribution in [1.29, 1.82) is 0 Å². The molecule has 1 aromatic carbocycles. The number of fused-ring (bicyclic) bond motifs is 1. The third-order valence-corrected chi connectivity index (χ3v) is 3.92. The first-order valence-corrected chi connectivity index (χ1v) is 7.70. The summed E-state index contributed by atoms with van der Waals surface area (Å²) in [6, 6.07) is 5.69. The van der Waals surface area contributed by atoms with Crippen LogP contribution in [0.15, 0.2) is 24.3 Å². The maximum atomic E-state index is 12.7. The Morgan fingerprint density at radius 3 is 2.74 bits per heavy atom. The second-order valence-corrected chi connectivity index (χ2v) is 5.58. The number of thiol groups is 1. The van der Waals surface area contributed by atoms with Crippen molar-refractivity contribution in [3.8, 4) is 0 Å². The Morgan fingerprint density at radius 2 is 2.13 bits per heavy atom. The highest BCUT2D eigenvalue weighted by atomic mass is 32.1. The van der Waals surface area contributed by atoms with Crippen LogP contribution in [-0.4, -0.2) is 41.0 Å². The number of carbonyl (C=O) groups is 3. The molecule has 3 atom stereocenters. The number of ketones is 1. The van der Waals surface area contributed by atoms with E-state index in [1.54, 1.807) is 12.1 Å².